The average Bonchev–Trinajstić information content (AvgIpc) is 2.74. The quantitative estimate of drug-likeness (QED) is 0.420. The third-order valence-electron chi connectivity index (χ3n) is 3.65. The number of ether oxygens (including phenoxy) is 1. The van der Waals surface area contributed by atoms with Gasteiger partial charge >= 0.3 is 5.97 Å². The summed E-state index contributed by atoms with van der Waals surface area (Å²) < 4.78 is 5.63. The van der Waals surface area contributed by atoms with Gasteiger partial charge in [-0.3, -0.25) is 14.5 Å². The van der Waals surface area contributed by atoms with Crippen LogP contribution in [0.1, 0.15) is 48.4 Å². The van der Waals surface area contributed by atoms with Crippen LogP contribution in [0.2, 0.25) is 20.1 Å². The van der Waals surface area contributed by atoms with Gasteiger partial charge < -0.3 is 9.84 Å². The summed E-state index contributed by atoms with van der Waals surface area (Å²) in [6, 6.07) is -1.59. The number of hydrogen-bond acceptors (Lipinski definition) is 4. The Kier molecular flexibility index (Phi) is 5.86. The number of carbonyl (C=O) groups excluding carboxylic acids is 2. The van der Waals surface area contributed by atoms with Crippen LogP contribution >= 0.6 is 46.4 Å². The molecule has 6 nitrogen and oxygen atoms in total. The van der Waals surface area contributed by atoms with E-state index in [1.54, 1.807) is 20.8 Å². The highest BCUT2D eigenvalue weighted by atomic mass is 35.5. The van der Waals surface area contributed by atoms with Crippen LogP contribution in [-0.2, 0) is 9.53 Å². The highest BCUT2D eigenvalue weighted by Crippen LogP contribution is 2.45. The Hall–Kier alpha value is -1.05. The van der Waals surface area contributed by atoms with Gasteiger partial charge in [0.1, 0.15) is 0 Å². The number of carboxylic acids is 1. The molecule has 1 aromatic carbocycles. The molecule has 1 N–H and O–H groups in total. The molecular formula is C16H15Cl4NO5. The van der Waals surface area contributed by atoms with Crippen molar-refractivity contribution >= 4 is 64.2 Å². The van der Waals surface area contributed by atoms with Gasteiger partial charge in [-0.2, -0.15) is 0 Å². The number of fused-ring (bicyclic) bond motifs is 1. The minimum absolute atomic E-state index is 0.189. The van der Waals surface area contributed by atoms with Crippen molar-refractivity contribution in [1.29, 1.82) is 0 Å². The lowest BCUT2D eigenvalue weighted by atomic mass is 10.1. The Morgan fingerprint density at radius 2 is 1.35 bits per heavy atom. The number of halogens is 4. The van der Waals surface area contributed by atoms with Gasteiger partial charge in [0.05, 0.1) is 42.9 Å². The van der Waals surface area contributed by atoms with E-state index < -0.39 is 35.5 Å². The van der Waals surface area contributed by atoms with Crippen molar-refractivity contribution in [1.82, 2.24) is 4.90 Å². The molecule has 0 saturated carbocycles. The van der Waals surface area contributed by atoms with E-state index in [1.807, 2.05) is 0 Å². The lowest BCUT2D eigenvalue weighted by molar-refractivity contribution is -0.151. The van der Waals surface area contributed by atoms with Crippen molar-refractivity contribution in [3.05, 3.63) is 31.2 Å². The lowest BCUT2D eigenvalue weighted by Gasteiger charge is -2.32. The highest BCUT2D eigenvalue weighted by molar-refractivity contribution is 6.55. The zero-order valence-corrected chi connectivity index (χ0v) is 17.2. The zero-order chi connectivity index (χ0) is 20.1. The Labute approximate surface area is 169 Å². The van der Waals surface area contributed by atoms with Crippen LogP contribution in [-0.4, -0.2) is 45.5 Å². The maximum absolute atomic E-state index is 12.8. The molecule has 1 aliphatic heterocycles. The molecule has 0 fully saturated rings. The molecule has 0 unspecified atom stereocenters. The van der Waals surface area contributed by atoms with Gasteiger partial charge in [-0.25, -0.2) is 4.79 Å². The van der Waals surface area contributed by atoms with E-state index in [-0.39, 0.29) is 31.2 Å². The molecular weight excluding hydrogens is 428 g/mol. The number of carboxylic acid groups (broad SMARTS) is 1. The van der Waals surface area contributed by atoms with Gasteiger partial charge in [0.15, 0.2) is 6.04 Å². The van der Waals surface area contributed by atoms with Gasteiger partial charge in [-0.05, 0) is 27.7 Å². The molecule has 2 amide bonds. The minimum Gasteiger partial charge on any atom is -0.480 e. The predicted molar refractivity (Wildman–Crippen MR) is 98.7 cm³/mol. The van der Waals surface area contributed by atoms with Crippen LogP contribution in [0.15, 0.2) is 0 Å². The van der Waals surface area contributed by atoms with E-state index in [0.29, 0.717) is 4.90 Å². The topological polar surface area (TPSA) is 83.9 Å². The predicted octanol–water partition coefficient (Wildman–Crippen LogP) is 4.55. The molecule has 2 rings (SSSR count). The summed E-state index contributed by atoms with van der Waals surface area (Å²) in [7, 11) is 0. The molecule has 0 aromatic heterocycles. The van der Waals surface area contributed by atoms with E-state index in [0.717, 1.165) is 0 Å². The Morgan fingerprint density at radius 1 is 0.962 bits per heavy atom. The standard InChI is InChI=1S/C16H15Cl4NO5/c1-5(26-16(2,3)4)12(15(24)25)21-13(22)6-7(14(21)23)9(18)11(20)10(19)8(6)17/h5,12H,1-4H3,(H,24,25)/t5-,12+/m0/s1. The molecule has 0 aliphatic carbocycles. The van der Waals surface area contributed by atoms with Gasteiger partial charge in [0, 0.05) is 0 Å². The van der Waals surface area contributed by atoms with Crippen molar-refractivity contribution in [2.75, 3.05) is 0 Å². The summed E-state index contributed by atoms with van der Waals surface area (Å²) in [4.78, 5) is 38.0. The molecule has 26 heavy (non-hydrogen) atoms. The van der Waals surface area contributed by atoms with Crippen LogP contribution in [0.25, 0.3) is 0 Å². The van der Waals surface area contributed by atoms with Crippen molar-refractivity contribution in [3.8, 4) is 0 Å². The zero-order valence-electron chi connectivity index (χ0n) is 14.2. The van der Waals surface area contributed by atoms with Crippen molar-refractivity contribution in [2.45, 2.75) is 45.4 Å². The van der Waals surface area contributed by atoms with Crippen LogP contribution in [0.5, 0.6) is 0 Å². The van der Waals surface area contributed by atoms with Crippen molar-refractivity contribution in [3.63, 3.8) is 0 Å². The first-order valence-electron chi connectivity index (χ1n) is 7.44. The molecule has 10 heteroatoms. The number of rotatable bonds is 4. The molecule has 1 aromatic rings. The number of nitrogens with zero attached hydrogens (tertiary/aromatic N) is 1. The fourth-order valence-electron chi connectivity index (χ4n) is 2.76. The van der Waals surface area contributed by atoms with E-state index in [9.17, 15) is 19.5 Å². The first-order chi connectivity index (χ1) is 11.8. The molecule has 0 bridgehead atoms. The molecule has 0 radical (unpaired) electrons. The second-order valence-corrected chi connectivity index (χ2v) is 8.22. The fraction of sp³-hybridized carbons (Fsp3) is 0.438. The summed E-state index contributed by atoms with van der Waals surface area (Å²) in [5.74, 6) is -3.26. The van der Waals surface area contributed by atoms with Gasteiger partial charge in [0.2, 0.25) is 0 Å². The molecule has 0 saturated heterocycles. The lowest BCUT2D eigenvalue weighted by Crippen LogP contribution is -2.53. The second-order valence-electron chi connectivity index (χ2n) is 6.70. The Balaban J connectivity index is 2.59. The van der Waals surface area contributed by atoms with Gasteiger partial charge in [-0.1, -0.05) is 46.4 Å². The second kappa shape index (κ2) is 7.17. The van der Waals surface area contributed by atoms with Crippen molar-refractivity contribution in [2.24, 2.45) is 0 Å². The highest BCUT2D eigenvalue weighted by Gasteiger charge is 2.49. The Bertz CT molecular complexity index is 771. The summed E-state index contributed by atoms with van der Waals surface area (Å²) >= 11 is 24.0. The number of imide groups is 1. The summed E-state index contributed by atoms with van der Waals surface area (Å²) in [5.41, 5.74) is -1.25. The van der Waals surface area contributed by atoms with E-state index in [4.69, 9.17) is 51.1 Å². The third kappa shape index (κ3) is 3.53. The average molecular weight is 443 g/mol. The minimum atomic E-state index is -1.59. The summed E-state index contributed by atoms with van der Waals surface area (Å²) in [6.07, 6.45) is -1.00. The first-order valence-corrected chi connectivity index (χ1v) is 8.95. The molecule has 142 valence electrons. The van der Waals surface area contributed by atoms with Crippen molar-refractivity contribution < 1.29 is 24.2 Å². The SMILES string of the molecule is C[C@H](OC(C)(C)C)[C@H](C(=O)O)N1C(=O)c2c(Cl)c(Cl)c(Cl)c(Cl)c2C1=O. The van der Waals surface area contributed by atoms with Crippen LogP contribution in [0.4, 0.5) is 0 Å². The molecule has 0 spiro atoms. The summed E-state index contributed by atoms with van der Waals surface area (Å²) in [5, 5.41) is 8.72. The first kappa shape index (κ1) is 21.3. The van der Waals surface area contributed by atoms with E-state index in [1.165, 1.54) is 6.92 Å². The largest absolute Gasteiger partial charge is 0.480 e. The van der Waals surface area contributed by atoms with Gasteiger partial charge in [-0.15, -0.1) is 0 Å². The fourth-order valence-corrected chi connectivity index (χ4v) is 3.78. The molecule has 1 aliphatic rings. The third-order valence-corrected chi connectivity index (χ3v) is 5.45. The summed E-state index contributed by atoms with van der Waals surface area (Å²) in [6.45, 7) is 6.62. The monoisotopic (exact) mass is 441 g/mol. The number of amides is 2. The van der Waals surface area contributed by atoms with Crippen LogP contribution in [0, 0.1) is 0 Å². The van der Waals surface area contributed by atoms with Gasteiger partial charge in [0.25, 0.3) is 11.8 Å². The van der Waals surface area contributed by atoms with Crippen LogP contribution in [0.3, 0.4) is 0 Å². The normalized spacial score (nSPS) is 16.7. The number of carbonyl (C=O) groups is 3. The molecule has 1 heterocycles. The Morgan fingerprint density at radius 3 is 1.65 bits per heavy atom. The maximum Gasteiger partial charge on any atom is 0.329 e. The van der Waals surface area contributed by atoms with E-state index >= 15 is 0 Å². The number of aliphatic carboxylic acids is 1. The van der Waals surface area contributed by atoms with Crippen LogP contribution < -0.4 is 0 Å². The number of benzene rings is 1. The smallest absolute Gasteiger partial charge is 0.329 e. The van der Waals surface area contributed by atoms with E-state index in [2.05, 4.69) is 0 Å². The maximum atomic E-state index is 12.8. The molecule has 2 atom stereocenters. The number of hydrogen-bond donors (Lipinski definition) is 1.